The molecule has 0 aromatic heterocycles. The predicted octanol–water partition coefficient (Wildman–Crippen LogP) is 25.7. The Morgan fingerprint density at radius 3 is 0.895 bits per heavy atom. The van der Waals surface area contributed by atoms with Crippen LogP contribution >= 0.6 is 0 Å². The summed E-state index contributed by atoms with van der Waals surface area (Å²) in [7, 11) is 5.98. The highest BCUT2D eigenvalue weighted by atomic mass is 16.7. The first-order chi connectivity index (χ1) is 46.6. The smallest absolute Gasteiger partial charge is 0.361 e. The van der Waals surface area contributed by atoms with Crippen molar-refractivity contribution >= 4 is 17.9 Å². The molecule has 0 spiro atoms. The molecule has 0 fully saturated rings. The topological polar surface area (TPSA) is 108 Å². The number of nitrogens with zero attached hydrogens (tertiary/aromatic N) is 1. The van der Waals surface area contributed by atoms with Crippen LogP contribution in [0.4, 0.5) is 0 Å². The first-order valence-corrected chi connectivity index (χ1v) is 40.1. The van der Waals surface area contributed by atoms with Crippen molar-refractivity contribution in [3.8, 4) is 0 Å². The van der Waals surface area contributed by atoms with Gasteiger partial charge in [-0.15, -0.1) is 0 Å². The largest absolute Gasteiger partial charge is 0.477 e. The van der Waals surface area contributed by atoms with E-state index in [2.05, 4.69) is 123 Å². The number of carboxylic acids is 1. The molecule has 0 saturated heterocycles. The fourth-order valence-electron chi connectivity index (χ4n) is 11.4. The molecule has 548 valence electrons. The third-order valence-electron chi connectivity index (χ3n) is 17.5. The second-order valence-electron chi connectivity index (χ2n) is 28.0. The van der Waals surface area contributed by atoms with Crippen LogP contribution in [-0.2, 0) is 33.3 Å². The van der Waals surface area contributed by atoms with Gasteiger partial charge in [0.15, 0.2) is 6.10 Å². The van der Waals surface area contributed by atoms with Gasteiger partial charge >= 0.3 is 17.9 Å². The zero-order chi connectivity index (χ0) is 69.0. The van der Waals surface area contributed by atoms with Crippen molar-refractivity contribution in [2.45, 2.75) is 373 Å². The molecule has 0 aromatic carbocycles. The van der Waals surface area contributed by atoms with Gasteiger partial charge in [-0.1, -0.05) is 354 Å². The van der Waals surface area contributed by atoms with Crippen molar-refractivity contribution in [3.63, 3.8) is 0 Å². The number of carbonyl (C=O) groups is 3. The molecule has 9 nitrogen and oxygen atoms in total. The van der Waals surface area contributed by atoms with E-state index >= 15 is 0 Å². The van der Waals surface area contributed by atoms with Crippen LogP contribution < -0.4 is 0 Å². The maximum atomic E-state index is 13.0. The fraction of sp³-hybridized carbons (Fsp3) is 0.756. The number of unbranched alkanes of at least 4 members (excludes halogenated alkanes) is 41. The highest BCUT2D eigenvalue weighted by Crippen LogP contribution is 2.19. The Kier molecular flexibility index (Phi) is 72.5. The van der Waals surface area contributed by atoms with Crippen LogP contribution in [0.5, 0.6) is 0 Å². The molecule has 0 radical (unpaired) electrons. The lowest BCUT2D eigenvalue weighted by Gasteiger charge is -2.25. The van der Waals surface area contributed by atoms with Crippen LogP contribution in [-0.4, -0.2) is 87.4 Å². The van der Waals surface area contributed by atoms with E-state index in [0.717, 1.165) is 96.3 Å². The fourth-order valence-corrected chi connectivity index (χ4v) is 11.4. The summed E-state index contributed by atoms with van der Waals surface area (Å²) in [5, 5.41) is 9.77. The average Bonchev–Trinajstić information content (AvgIpc) is 3.24. The highest BCUT2D eigenvalue weighted by Gasteiger charge is 2.25. The van der Waals surface area contributed by atoms with Crippen molar-refractivity contribution in [1.29, 1.82) is 0 Å². The van der Waals surface area contributed by atoms with Crippen molar-refractivity contribution in [2.75, 3.05) is 47.5 Å². The van der Waals surface area contributed by atoms with Crippen molar-refractivity contribution in [1.82, 2.24) is 0 Å². The summed E-state index contributed by atoms with van der Waals surface area (Å²) in [5.41, 5.74) is 0. The van der Waals surface area contributed by atoms with E-state index in [0.29, 0.717) is 23.9 Å². The van der Waals surface area contributed by atoms with Crippen molar-refractivity contribution < 1.29 is 42.9 Å². The molecule has 2 atom stereocenters. The molecule has 0 amide bonds. The zero-order valence-corrected chi connectivity index (χ0v) is 62.8. The Bertz CT molecular complexity index is 1930. The molecule has 0 aliphatic rings. The Hall–Kier alpha value is -4.05. The van der Waals surface area contributed by atoms with E-state index < -0.39 is 24.3 Å². The summed E-state index contributed by atoms with van der Waals surface area (Å²) in [6, 6.07) is 0. The molecular weight excluding hydrogens is 1170 g/mol. The number of likely N-dealkylation sites (N-methyl/N-ethyl adjacent to an activating group) is 1. The van der Waals surface area contributed by atoms with Crippen LogP contribution in [0.2, 0.25) is 0 Å². The Morgan fingerprint density at radius 2 is 0.600 bits per heavy atom. The third-order valence-corrected chi connectivity index (χ3v) is 17.5. The standard InChI is InChI=1S/C86H151NO8/c1-6-8-10-12-14-16-18-20-22-24-26-28-30-32-34-36-38-39-40-41-42-43-44-45-47-48-50-52-54-56-58-60-62-64-66-68-70-72-74-76-83(88)93-80-82(81-94-86(85(90)91)92-79-78-87(3,4)5)95-84(89)77-75-73-71-69-67-65-63-61-59-57-55-53-51-49-46-37-35-33-31-29-27-25-23-21-19-17-15-13-11-9-7-2/h9,11,15,17-18,20-21,23-24,26-27,29,33,35,46,49,53,55,82,86H,6-8,10,12-14,16,19,22,25,28,30-32,34,36-45,47-48,50-52,54,56-81H2,1-5H3/p+1/b11-9-,17-15-,20-18-,23-21-,26-24-,29-27-,35-33-,49-46-,55-53-. The second-order valence-corrected chi connectivity index (χ2v) is 28.0. The molecule has 9 heteroatoms. The molecule has 0 aliphatic carbocycles. The van der Waals surface area contributed by atoms with Gasteiger partial charge in [-0.25, -0.2) is 4.79 Å². The summed E-state index contributed by atoms with van der Waals surface area (Å²) in [4.78, 5) is 37.7. The van der Waals surface area contributed by atoms with E-state index in [1.807, 2.05) is 21.1 Å². The number of quaternary nitrogens is 1. The van der Waals surface area contributed by atoms with Crippen LogP contribution in [0.1, 0.15) is 361 Å². The number of aliphatic carboxylic acids is 1. The summed E-state index contributed by atoms with van der Waals surface area (Å²) in [6.45, 7) is 4.78. The molecule has 1 N–H and O–H groups in total. The first kappa shape index (κ1) is 91.0. The summed E-state index contributed by atoms with van der Waals surface area (Å²) < 4.78 is 23.0. The summed E-state index contributed by atoms with van der Waals surface area (Å²) in [5.74, 6) is -2.00. The number of esters is 2. The Labute approximate surface area is 587 Å². The number of rotatable bonds is 74. The van der Waals surface area contributed by atoms with Crippen molar-refractivity contribution in [2.24, 2.45) is 0 Å². The third kappa shape index (κ3) is 77.2. The van der Waals surface area contributed by atoms with Gasteiger partial charge in [-0.05, 0) is 103 Å². The van der Waals surface area contributed by atoms with Gasteiger partial charge < -0.3 is 28.5 Å². The maximum absolute atomic E-state index is 13.0. The first-order valence-electron chi connectivity index (χ1n) is 40.1. The van der Waals surface area contributed by atoms with Gasteiger partial charge in [0.1, 0.15) is 13.2 Å². The van der Waals surface area contributed by atoms with Crippen LogP contribution in [0, 0.1) is 0 Å². The van der Waals surface area contributed by atoms with Gasteiger partial charge in [0.2, 0.25) is 0 Å². The molecular formula is C86H152NO8+. The highest BCUT2D eigenvalue weighted by molar-refractivity contribution is 5.71. The average molecular weight is 1330 g/mol. The Morgan fingerprint density at radius 1 is 0.326 bits per heavy atom. The Balaban J connectivity index is 4.01. The lowest BCUT2D eigenvalue weighted by Crippen LogP contribution is -2.40. The number of hydrogen-bond acceptors (Lipinski definition) is 7. The number of carboxylic acid groups (broad SMARTS) is 1. The SMILES string of the molecule is CC/C=C\C/C=C\C/C=C\C/C=C\C/C=C\C/C=C\C/C=C\CCCCCCCCCCCC(=O)OC(COC(=O)CCCCCCCCCCCCCCCCCCCCCCCCCCCCC/C=C\C/C=C\CCCCCCC)COC(OCC[N+](C)(C)C)C(=O)O. The molecule has 0 heterocycles. The number of hydrogen-bond donors (Lipinski definition) is 1. The van der Waals surface area contributed by atoms with Gasteiger partial charge in [0, 0.05) is 12.8 Å². The molecule has 0 aromatic rings. The monoisotopic (exact) mass is 1330 g/mol. The minimum Gasteiger partial charge on any atom is -0.477 e. The summed E-state index contributed by atoms with van der Waals surface area (Å²) in [6.07, 6.45) is 104. The molecule has 95 heavy (non-hydrogen) atoms. The zero-order valence-electron chi connectivity index (χ0n) is 62.8. The molecule has 2 unspecified atom stereocenters. The van der Waals surface area contributed by atoms with Gasteiger partial charge in [0.05, 0.1) is 34.4 Å². The van der Waals surface area contributed by atoms with Crippen LogP contribution in [0.3, 0.4) is 0 Å². The molecule has 0 bridgehead atoms. The quantitative estimate of drug-likeness (QED) is 0.0211. The van der Waals surface area contributed by atoms with Gasteiger partial charge in [-0.2, -0.15) is 0 Å². The van der Waals surface area contributed by atoms with E-state index in [1.54, 1.807) is 0 Å². The summed E-state index contributed by atoms with van der Waals surface area (Å²) >= 11 is 0. The number of allylic oxidation sites excluding steroid dienone is 18. The lowest BCUT2D eigenvalue weighted by molar-refractivity contribution is -0.870. The normalized spacial score (nSPS) is 13.2. The second kappa shape index (κ2) is 75.7. The van der Waals surface area contributed by atoms with Gasteiger partial charge in [0.25, 0.3) is 6.29 Å². The van der Waals surface area contributed by atoms with Crippen LogP contribution in [0.15, 0.2) is 109 Å². The number of ether oxygens (including phenoxy) is 4. The predicted molar refractivity (Wildman–Crippen MR) is 410 cm³/mol. The van der Waals surface area contributed by atoms with Gasteiger partial charge in [-0.3, -0.25) is 9.59 Å². The van der Waals surface area contributed by atoms with Crippen molar-refractivity contribution in [3.05, 3.63) is 109 Å². The maximum Gasteiger partial charge on any atom is 0.361 e. The van der Waals surface area contributed by atoms with E-state index in [9.17, 15) is 19.5 Å². The molecule has 0 aliphatic heterocycles. The number of carbonyl (C=O) groups excluding carboxylic acids is 2. The van der Waals surface area contributed by atoms with E-state index in [-0.39, 0.29) is 32.2 Å². The lowest BCUT2D eigenvalue weighted by atomic mass is 10.0. The molecule has 0 saturated carbocycles. The van der Waals surface area contributed by atoms with Crippen LogP contribution in [0.25, 0.3) is 0 Å². The van der Waals surface area contributed by atoms with E-state index in [1.165, 1.54) is 231 Å². The molecule has 0 rings (SSSR count). The van der Waals surface area contributed by atoms with E-state index in [4.69, 9.17) is 18.9 Å². The minimum absolute atomic E-state index is 0.183. The minimum atomic E-state index is -1.52.